The van der Waals surface area contributed by atoms with Gasteiger partial charge in [-0.25, -0.2) is 9.59 Å². The Morgan fingerprint density at radius 1 is 0.910 bits per heavy atom. The molecule has 0 amide bonds. The molecule has 7 aliphatic heterocycles. The molecular weight excluding hydrogens is 887 g/mol. The molecule has 360 valence electrons. The van der Waals surface area contributed by atoms with E-state index in [4.69, 9.17) is 42.6 Å². The highest BCUT2D eigenvalue weighted by atomic mass is 32.2. The lowest BCUT2D eigenvalue weighted by Gasteiger charge is -2.59. The van der Waals surface area contributed by atoms with Crippen LogP contribution in [-0.2, 0) is 40.6 Å². The molecule has 17 nitrogen and oxygen atoms in total. The summed E-state index contributed by atoms with van der Waals surface area (Å²) in [6.07, 6.45) is -0.385. The van der Waals surface area contributed by atoms with Crippen LogP contribution in [0.1, 0.15) is 123 Å². The molecule has 1 spiro atoms. The Bertz CT molecular complexity index is 2570. The fraction of sp³-hybridized carbons (Fsp3) is 0.551. The number of benzene rings is 3. The Labute approximate surface area is 393 Å². The molecule has 18 heteroatoms. The van der Waals surface area contributed by atoms with Crippen molar-refractivity contribution in [3.05, 3.63) is 62.7 Å². The van der Waals surface area contributed by atoms with Gasteiger partial charge in [0.15, 0.2) is 40.0 Å². The lowest BCUT2D eigenvalue weighted by Crippen LogP contribution is -2.66. The minimum atomic E-state index is -1.44. The maximum absolute atomic E-state index is 15.1. The number of hydrogen-bond acceptors (Lipinski definition) is 18. The molecule has 3 aromatic carbocycles. The van der Waals surface area contributed by atoms with Crippen LogP contribution in [-0.4, -0.2) is 104 Å². The van der Waals surface area contributed by atoms with Crippen LogP contribution >= 0.6 is 11.8 Å². The quantitative estimate of drug-likeness (QED) is 0.103. The fourth-order valence-electron chi connectivity index (χ4n) is 10.9. The van der Waals surface area contributed by atoms with Crippen molar-refractivity contribution in [2.45, 2.75) is 127 Å². The second-order valence-electron chi connectivity index (χ2n) is 20.0. The molecule has 10 rings (SSSR count). The summed E-state index contributed by atoms with van der Waals surface area (Å²) in [5, 5.41) is 19.2. The van der Waals surface area contributed by atoms with Crippen LogP contribution in [0.3, 0.4) is 0 Å². The average molecular weight is 946 g/mol. The molecule has 7 heterocycles. The second kappa shape index (κ2) is 17.0. The minimum absolute atomic E-state index is 0.0243. The van der Waals surface area contributed by atoms with E-state index in [1.54, 1.807) is 32.9 Å². The van der Waals surface area contributed by atoms with Gasteiger partial charge in [-0.2, -0.15) is 0 Å². The molecule has 7 atom stereocenters. The molecular formula is C49H59N3O14S. The maximum atomic E-state index is 15.1. The Hall–Kier alpha value is -5.43. The van der Waals surface area contributed by atoms with Gasteiger partial charge >= 0.3 is 24.1 Å². The van der Waals surface area contributed by atoms with Gasteiger partial charge in [0.1, 0.15) is 23.6 Å². The van der Waals surface area contributed by atoms with Crippen LogP contribution in [0.2, 0.25) is 0 Å². The molecule has 0 saturated carbocycles. The number of aryl methyl sites for hydroxylation is 1. The summed E-state index contributed by atoms with van der Waals surface area (Å²) in [6, 6.07) is 3.29. The van der Waals surface area contributed by atoms with E-state index in [0.717, 1.165) is 11.1 Å². The van der Waals surface area contributed by atoms with Crippen molar-refractivity contribution in [2.75, 3.05) is 46.5 Å². The van der Waals surface area contributed by atoms with Crippen molar-refractivity contribution < 1.29 is 66.9 Å². The number of phenols is 1. The van der Waals surface area contributed by atoms with Gasteiger partial charge in [0.05, 0.1) is 38.0 Å². The van der Waals surface area contributed by atoms with E-state index >= 15 is 4.79 Å². The topological polar surface area (TPSA) is 199 Å². The van der Waals surface area contributed by atoms with Crippen LogP contribution < -0.4 is 39.1 Å². The summed E-state index contributed by atoms with van der Waals surface area (Å²) in [5.41, 5.74) is 2.39. The number of ether oxygens (including phenoxy) is 9. The smallest absolute Gasteiger partial charge is 0.504 e. The predicted molar refractivity (Wildman–Crippen MR) is 244 cm³/mol. The number of carbonyl (C=O) groups is 4. The van der Waals surface area contributed by atoms with E-state index in [9.17, 15) is 19.5 Å². The first-order valence-electron chi connectivity index (χ1n) is 22.6. The van der Waals surface area contributed by atoms with Gasteiger partial charge in [-0.3, -0.25) is 19.8 Å². The van der Waals surface area contributed by atoms with Crippen LogP contribution in [0.5, 0.6) is 40.2 Å². The summed E-state index contributed by atoms with van der Waals surface area (Å²) in [6.45, 7) is 16.3. The van der Waals surface area contributed by atoms with Crippen molar-refractivity contribution in [3.63, 3.8) is 0 Å². The number of phenolic OH excluding ortho intramolecular Hbond substituents is 1. The monoisotopic (exact) mass is 945 g/mol. The average Bonchev–Trinajstić information content (AvgIpc) is 3.73. The number of esters is 3. The van der Waals surface area contributed by atoms with Gasteiger partial charge in [-0.15, -0.1) is 11.8 Å². The number of methoxy groups -OCH3 is 2. The second-order valence-corrected chi connectivity index (χ2v) is 21.1. The number of piperazine rings is 1. The van der Waals surface area contributed by atoms with Crippen molar-refractivity contribution in [1.82, 2.24) is 15.5 Å². The molecule has 2 fully saturated rings. The number of rotatable bonds is 6. The van der Waals surface area contributed by atoms with Crippen molar-refractivity contribution in [3.8, 4) is 40.2 Å². The van der Waals surface area contributed by atoms with Gasteiger partial charge in [0.2, 0.25) is 6.79 Å². The number of nitrogens with zero attached hydrogens (tertiary/aromatic N) is 1. The molecule has 0 aromatic heterocycles. The Morgan fingerprint density at radius 2 is 1.64 bits per heavy atom. The molecule has 3 aromatic rings. The third kappa shape index (κ3) is 8.06. The molecule has 2 unspecified atom stereocenters. The zero-order valence-corrected chi connectivity index (χ0v) is 40.6. The first-order chi connectivity index (χ1) is 31.6. The number of fused-ring (bicyclic) bond motifs is 9. The summed E-state index contributed by atoms with van der Waals surface area (Å²) >= 11 is 1.48. The van der Waals surface area contributed by atoms with Gasteiger partial charge in [-0.1, -0.05) is 6.07 Å². The Kier molecular flexibility index (Phi) is 11.8. The lowest BCUT2D eigenvalue weighted by molar-refractivity contribution is -0.157. The minimum Gasteiger partial charge on any atom is -0.504 e. The largest absolute Gasteiger partial charge is 0.514 e. The number of hydrogen-bond donors (Lipinski definition) is 3. The summed E-state index contributed by atoms with van der Waals surface area (Å²) in [4.78, 5) is 57.2. The SMILES string of the molecule is COc1cc2c(cc1OC(=O)OC(C)(C)C)CCN[C@]21CS[C@@H]2c3c(OC(C)=O)c(C)c4c(c3[C@H](COC1=O)N1C[C@H]3N[C@H](c5c(cc(C)c(OC)c5O)C3CC(=O)OC(C)(C)C)C21)OCO4. The van der Waals surface area contributed by atoms with Crippen LogP contribution in [0.4, 0.5) is 4.79 Å². The first kappa shape index (κ1) is 46.7. The Morgan fingerprint density at radius 3 is 2.33 bits per heavy atom. The lowest BCUT2D eigenvalue weighted by atomic mass is 9.70. The normalized spacial score (nSPS) is 26.0. The number of nitrogens with one attached hydrogen (secondary N) is 2. The van der Waals surface area contributed by atoms with Crippen LogP contribution in [0.15, 0.2) is 18.2 Å². The van der Waals surface area contributed by atoms with E-state index in [-0.39, 0.29) is 54.8 Å². The van der Waals surface area contributed by atoms with Crippen LogP contribution in [0, 0.1) is 13.8 Å². The van der Waals surface area contributed by atoms with E-state index < -0.39 is 64.1 Å². The van der Waals surface area contributed by atoms with E-state index in [0.29, 0.717) is 75.9 Å². The molecule has 7 aliphatic rings. The van der Waals surface area contributed by atoms with Crippen molar-refractivity contribution in [2.24, 2.45) is 0 Å². The Balaban J connectivity index is 1.23. The van der Waals surface area contributed by atoms with E-state index in [1.807, 2.05) is 40.7 Å². The van der Waals surface area contributed by atoms with Crippen LogP contribution in [0.25, 0.3) is 0 Å². The third-order valence-corrected chi connectivity index (χ3v) is 14.8. The zero-order valence-electron chi connectivity index (χ0n) is 39.8. The maximum Gasteiger partial charge on any atom is 0.514 e. The highest BCUT2D eigenvalue weighted by Gasteiger charge is 2.59. The summed E-state index contributed by atoms with van der Waals surface area (Å²) < 4.78 is 53.8. The fourth-order valence-corrected chi connectivity index (χ4v) is 12.6. The summed E-state index contributed by atoms with van der Waals surface area (Å²) in [5.74, 6) is 0.0647. The molecule has 2 saturated heterocycles. The van der Waals surface area contributed by atoms with Gasteiger partial charge in [0.25, 0.3) is 0 Å². The van der Waals surface area contributed by atoms with Crippen molar-refractivity contribution >= 4 is 35.8 Å². The zero-order chi connectivity index (χ0) is 48.1. The third-order valence-electron chi connectivity index (χ3n) is 13.3. The predicted octanol–water partition coefficient (Wildman–Crippen LogP) is 6.63. The summed E-state index contributed by atoms with van der Waals surface area (Å²) in [7, 11) is 2.97. The molecule has 0 aliphatic carbocycles. The number of carbonyl (C=O) groups excluding carboxylic acids is 4. The van der Waals surface area contributed by atoms with Gasteiger partial charge in [-0.05, 0) is 96.2 Å². The molecule has 4 bridgehead atoms. The molecule has 67 heavy (non-hydrogen) atoms. The number of thioether (sulfide) groups is 1. The molecule has 3 N–H and O–H groups in total. The number of aromatic hydroxyl groups is 1. The van der Waals surface area contributed by atoms with E-state index in [1.165, 1.54) is 32.9 Å². The highest BCUT2D eigenvalue weighted by molar-refractivity contribution is 7.99. The highest BCUT2D eigenvalue weighted by Crippen LogP contribution is 2.63. The van der Waals surface area contributed by atoms with Gasteiger partial charge < -0.3 is 53.1 Å². The molecule has 0 radical (unpaired) electrons. The van der Waals surface area contributed by atoms with E-state index in [2.05, 4.69) is 15.5 Å². The standard InChI is InChI=1S/C49H59N3O14S/c1-22-14-27-26(16-33(54)65-47(4,5)6)29-18-52-30-19-60-45(56)49(28-17-31(58-10)32(15-25(28)12-13-50-49)64-46(57)66-48(7,8)9)20-67-44(38(52)37(51-29)34(27)39(55)40(22)59-11)36-35(30)43-42(61-21-62-43)23(2)41(36)63-24(3)53/h14-15,17,26,29-30,37-38,44,50-51,55H,12-13,16,18-21H2,1-11H3/t26?,29-,30+,37-,38?,44-,49-/m1/s1. The first-order valence-corrected chi connectivity index (χ1v) is 23.6. The van der Waals surface area contributed by atoms with Gasteiger partial charge in [0, 0.05) is 66.0 Å². The van der Waals surface area contributed by atoms with Crippen molar-refractivity contribution in [1.29, 1.82) is 0 Å².